The Morgan fingerprint density at radius 1 is 1.39 bits per heavy atom. The summed E-state index contributed by atoms with van der Waals surface area (Å²) in [5, 5.41) is 3.30. The molecule has 1 aliphatic carbocycles. The monoisotopic (exact) mass is 260 g/mol. The Morgan fingerprint density at radius 3 is 2.94 bits per heavy atom. The Balaban J connectivity index is 1.65. The lowest BCUT2D eigenvalue weighted by Gasteiger charge is -2.19. The zero-order valence-corrected chi connectivity index (χ0v) is 11.0. The summed E-state index contributed by atoms with van der Waals surface area (Å²) in [6.45, 7) is 0. The van der Waals surface area contributed by atoms with E-state index in [1.165, 1.54) is 5.01 Å². The maximum atomic E-state index is 11.2. The standard InChI is InChI=1S/C14H16N2OS/c17-11-5-3-10(4-6-11)8-14-16-13(9-18-14)12-2-1-7-15-12/h1-2,7,9-10,15H,3-6,8H2. The highest BCUT2D eigenvalue weighted by molar-refractivity contribution is 7.09. The van der Waals surface area contributed by atoms with Crippen LogP contribution in [0.4, 0.5) is 0 Å². The van der Waals surface area contributed by atoms with Crippen molar-refractivity contribution in [1.29, 1.82) is 0 Å². The summed E-state index contributed by atoms with van der Waals surface area (Å²) in [5.74, 6) is 1.07. The molecule has 0 amide bonds. The molecule has 2 aromatic rings. The summed E-state index contributed by atoms with van der Waals surface area (Å²) in [6.07, 6.45) is 6.55. The average molecular weight is 260 g/mol. The van der Waals surface area contributed by atoms with Gasteiger partial charge in [0, 0.05) is 30.8 Å². The number of nitrogens with one attached hydrogen (secondary N) is 1. The van der Waals surface area contributed by atoms with Crippen molar-refractivity contribution in [2.75, 3.05) is 0 Å². The topological polar surface area (TPSA) is 45.8 Å². The van der Waals surface area contributed by atoms with E-state index in [2.05, 4.69) is 15.3 Å². The molecule has 0 atom stereocenters. The van der Waals surface area contributed by atoms with Gasteiger partial charge in [-0.25, -0.2) is 4.98 Å². The van der Waals surface area contributed by atoms with Crippen LogP contribution in [0, 0.1) is 5.92 Å². The van der Waals surface area contributed by atoms with E-state index in [0.29, 0.717) is 11.7 Å². The first-order chi connectivity index (χ1) is 8.81. The Hall–Kier alpha value is -1.42. The first-order valence-corrected chi connectivity index (χ1v) is 7.29. The van der Waals surface area contributed by atoms with Crippen LogP contribution in [0.2, 0.25) is 0 Å². The summed E-state index contributed by atoms with van der Waals surface area (Å²) >= 11 is 1.73. The van der Waals surface area contributed by atoms with Crippen LogP contribution in [-0.2, 0) is 11.2 Å². The van der Waals surface area contributed by atoms with E-state index in [1.54, 1.807) is 11.3 Å². The van der Waals surface area contributed by atoms with Crippen molar-refractivity contribution in [2.45, 2.75) is 32.1 Å². The highest BCUT2D eigenvalue weighted by Gasteiger charge is 2.20. The highest BCUT2D eigenvalue weighted by atomic mass is 32.1. The highest BCUT2D eigenvalue weighted by Crippen LogP contribution is 2.28. The molecule has 4 heteroatoms. The zero-order valence-electron chi connectivity index (χ0n) is 10.2. The SMILES string of the molecule is O=C1CCC(Cc2nc(-c3ccc[nH]3)cs2)CC1. The Kier molecular flexibility index (Phi) is 3.28. The number of rotatable bonds is 3. The lowest BCUT2D eigenvalue weighted by molar-refractivity contribution is -0.121. The van der Waals surface area contributed by atoms with Crippen LogP contribution in [0.25, 0.3) is 11.4 Å². The summed E-state index contributed by atoms with van der Waals surface area (Å²) in [6, 6.07) is 4.03. The largest absolute Gasteiger partial charge is 0.360 e. The van der Waals surface area contributed by atoms with Gasteiger partial charge in [-0.1, -0.05) is 0 Å². The summed E-state index contributed by atoms with van der Waals surface area (Å²) in [7, 11) is 0. The number of carbonyl (C=O) groups is 1. The molecule has 0 radical (unpaired) electrons. The number of hydrogen-bond donors (Lipinski definition) is 1. The van der Waals surface area contributed by atoms with Crippen LogP contribution >= 0.6 is 11.3 Å². The van der Waals surface area contributed by atoms with Gasteiger partial charge in [0.1, 0.15) is 5.78 Å². The van der Waals surface area contributed by atoms with E-state index in [-0.39, 0.29) is 0 Å². The second kappa shape index (κ2) is 5.06. The lowest BCUT2D eigenvalue weighted by Crippen LogP contribution is -2.15. The number of H-pyrrole nitrogens is 1. The van der Waals surface area contributed by atoms with Gasteiger partial charge in [-0.2, -0.15) is 0 Å². The number of thiazole rings is 1. The van der Waals surface area contributed by atoms with Crippen LogP contribution in [0.1, 0.15) is 30.7 Å². The number of aromatic amines is 1. The second-order valence-electron chi connectivity index (χ2n) is 4.90. The van der Waals surface area contributed by atoms with Crippen molar-refractivity contribution in [3.8, 4) is 11.4 Å². The van der Waals surface area contributed by atoms with Crippen molar-refractivity contribution in [3.05, 3.63) is 28.7 Å². The van der Waals surface area contributed by atoms with Crippen LogP contribution < -0.4 is 0 Å². The molecule has 1 fully saturated rings. The van der Waals surface area contributed by atoms with E-state index in [4.69, 9.17) is 0 Å². The van der Waals surface area contributed by atoms with E-state index in [0.717, 1.165) is 43.5 Å². The van der Waals surface area contributed by atoms with E-state index in [9.17, 15) is 4.79 Å². The van der Waals surface area contributed by atoms with Crippen molar-refractivity contribution < 1.29 is 4.79 Å². The first kappa shape index (κ1) is 11.7. The Morgan fingerprint density at radius 2 is 2.22 bits per heavy atom. The van der Waals surface area contributed by atoms with Crippen molar-refractivity contribution in [1.82, 2.24) is 9.97 Å². The molecule has 0 saturated heterocycles. The van der Waals surface area contributed by atoms with Gasteiger partial charge in [0.15, 0.2) is 0 Å². The van der Waals surface area contributed by atoms with Crippen LogP contribution in [0.3, 0.4) is 0 Å². The molecule has 0 aliphatic heterocycles. The summed E-state index contributed by atoms with van der Waals surface area (Å²) in [5.41, 5.74) is 2.11. The molecule has 18 heavy (non-hydrogen) atoms. The molecule has 0 unspecified atom stereocenters. The Bertz CT molecular complexity index is 520. The van der Waals surface area contributed by atoms with Gasteiger partial charge in [0.05, 0.1) is 16.4 Å². The molecule has 0 aromatic carbocycles. The third-order valence-electron chi connectivity index (χ3n) is 3.55. The minimum absolute atomic E-state index is 0.428. The third kappa shape index (κ3) is 2.53. The third-order valence-corrected chi connectivity index (χ3v) is 4.42. The molecule has 2 aromatic heterocycles. The summed E-state index contributed by atoms with van der Waals surface area (Å²) < 4.78 is 0. The quantitative estimate of drug-likeness (QED) is 0.918. The van der Waals surface area contributed by atoms with Gasteiger partial charge in [-0.3, -0.25) is 4.79 Å². The number of aromatic nitrogens is 2. The van der Waals surface area contributed by atoms with Gasteiger partial charge >= 0.3 is 0 Å². The van der Waals surface area contributed by atoms with E-state index in [1.807, 2.05) is 18.3 Å². The number of nitrogens with zero attached hydrogens (tertiary/aromatic N) is 1. The molecule has 1 N–H and O–H groups in total. The molecule has 3 nitrogen and oxygen atoms in total. The Labute approximate surface area is 110 Å². The maximum Gasteiger partial charge on any atom is 0.132 e. The fourth-order valence-electron chi connectivity index (χ4n) is 2.47. The normalized spacial score (nSPS) is 17.2. The molecule has 1 aliphatic rings. The van der Waals surface area contributed by atoms with Crippen molar-refractivity contribution in [2.24, 2.45) is 5.92 Å². The van der Waals surface area contributed by atoms with Gasteiger partial charge in [-0.05, 0) is 30.9 Å². The minimum atomic E-state index is 0.428. The van der Waals surface area contributed by atoms with Gasteiger partial charge < -0.3 is 4.98 Å². The number of Topliss-reactive ketones (excluding diaryl/α,β-unsaturated/α-hetero) is 1. The number of ketones is 1. The smallest absolute Gasteiger partial charge is 0.132 e. The number of hydrogen-bond acceptors (Lipinski definition) is 3. The predicted octanol–water partition coefficient (Wildman–Crippen LogP) is 3.44. The molecule has 1 saturated carbocycles. The van der Waals surface area contributed by atoms with E-state index >= 15 is 0 Å². The van der Waals surface area contributed by atoms with Crippen molar-refractivity contribution >= 4 is 17.1 Å². The number of carbonyl (C=O) groups excluding carboxylic acids is 1. The van der Waals surface area contributed by atoms with Gasteiger partial charge in [0.25, 0.3) is 0 Å². The molecule has 0 bridgehead atoms. The molecule has 94 valence electrons. The van der Waals surface area contributed by atoms with Crippen LogP contribution in [0.15, 0.2) is 23.7 Å². The van der Waals surface area contributed by atoms with Crippen molar-refractivity contribution in [3.63, 3.8) is 0 Å². The van der Waals surface area contributed by atoms with E-state index < -0.39 is 0 Å². The molecular formula is C14H16N2OS. The van der Waals surface area contributed by atoms with Gasteiger partial charge in [-0.15, -0.1) is 11.3 Å². The molecule has 0 spiro atoms. The lowest BCUT2D eigenvalue weighted by atomic mass is 9.86. The predicted molar refractivity (Wildman–Crippen MR) is 72.6 cm³/mol. The van der Waals surface area contributed by atoms with Crippen LogP contribution in [0.5, 0.6) is 0 Å². The molecule has 2 heterocycles. The first-order valence-electron chi connectivity index (χ1n) is 6.41. The van der Waals surface area contributed by atoms with Gasteiger partial charge in [0.2, 0.25) is 0 Å². The molecular weight excluding hydrogens is 244 g/mol. The zero-order chi connectivity index (χ0) is 12.4. The maximum absolute atomic E-state index is 11.2. The fourth-order valence-corrected chi connectivity index (χ4v) is 3.38. The van der Waals surface area contributed by atoms with Crippen LogP contribution in [-0.4, -0.2) is 15.8 Å². The fraction of sp³-hybridized carbons (Fsp3) is 0.429. The average Bonchev–Trinajstić information content (AvgIpc) is 3.02. The minimum Gasteiger partial charge on any atom is -0.360 e. The molecule has 3 rings (SSSR count). The second-order valence-corrected chi connectivity index (χ2v) is 5.84. The summed E-state index contributed by atoms with van der Waals surface area (Å²) in [4.78, 5) is 19.0.